The molecular formula is C15H20ClN3. The SMILES string of the molecule is CCNCc1cc(Cl)ccc1-n1nc(C)c(C)c1C. The van der Waals surface area contributed by atoms with Crippen molar-refractivity contribution in [3.05, 3.63) is 45.7 Å². The Morgan fingerprint density at radius 1 is 1.26 bits per heavy atom. The van der Waals surface area contributed by atoms with Gasteiger partial charge in [-0.1, -0.05) is 18.5 Å². The van der Waals surface area contributed by atoms with Crippen LogP contribution in [0.3, 0.4) is 0 Å². The molecule has 1 aromatic heterocycles. The molecule has 0 saturated carbocycles. The first kappa shape index (κ1) is 14.1. The maximum atomic E-state index is 6.10. The van der Waals surface area contributed by atoms with Crippen molar-refractivity contribution >= 4 is 11.6 Å². The van der Waals surface area contributed by atoms with Gasteiger partial charge in [-0.15, -0.1) is 0 Å². The fourth-order valence-corrected chi connectivity index (χ4v) is 2.31. The van der Waals surface area contributed by atoms with Crippen LogP contribution in [0.2, 0.25) is 5.02 Å². The molecule has 0 atom stereocenters. The van der Waals surface area contributed by atoms with Crippen molar-refractivity contribution in [2.24, 2.45) is 0 Å². The van der Waals surface area contributed by atoms with Crippen LogP contribution < -0.4 is 5.32 Å². The van der Waals surface area contributed by atoms with E-state index in [9.17, 15) is 0 Å². The van der Waals surface area contributed by atoms with E-state index in [2.05, 4.69) is 31.2 Å². The maximum absolute atomic E-state index is 6.10. The van der Waals surface area contributed by atoms with Gasteiger partial charge in [0.1, 0.15) is 0 Å². The first-order chi connectivity index (χ1) is 9.04. The molecule has 0 saturated heterocycles. The number of benzene rings is 1. The molecule has 0 aliphatic rings. The number of hydrogen-bond donors (Lipinski definition) is 1. The molecule has 2 rings (SSSR count). The number of halogens is 1. The van der Waals surface area contributed by atoms with Crippen LogP contribution in [0.25, 0.3) is 5.69 Å². The van der Waals surface area contributed by atoms with Gasteiger partial charge >= 0.3 is 0 Å². The second-order valence-corrected chi connectivity index (χ2v) is 5.20. The summed E-state index contributed by atoms with van der Waals surface area (Å²) in [6, 6.07) is 5.96. The van der Waals surface area contributed by atoms with E-state index in [1.54, 1.807) is 0 Å². The number of nitrogens with zero attached hydrogens (tertiary/aromatic N) is 2. The first-order valence-corrected chi connectivity index (χ1v) is 6.94. The van der Waals surface area contributed by atoms with Gasteiger partial charge in [-0.3, -0.25) is 0 Å². The quantitative estimate of drug-likeness (QED) is 0.926. The minimum Gasteiger partial charge on any atom is -0.313 e. The van der Waals surface area contributed by atoms with E-state index >= 15 is 0 Å². The summed E-state index contributed by atoms with van der Waals surface area (Å²) in [5.41, 5.74) is 5.75. The van der Waals surface area contributed by atoms with Crippen molar-refractivity contribution in [3.63, 3.8) is 0 Å². The van der Waals surface area contributed by atoms with E-state index in [0.29, 0.717) is 0 Å². The van der Waals surface area contributed by atoms with Crippen LogP contribution in [-0.4, -0.2) is 16.3 Å². The van der Waals surface area contributed by atoms with Crippen molar-refractivity contribution in [1.29, 1.82) is 0 Å². The third kappa shape index (κ3) is 2.82. The van der Waals surface area contributed by atoms with Gasteiger partial charge in [-0.25, -0.2) is 4.68 Å². The molecule has 0 fully saturated rings. The Morgan fingerprint density at radius 2 is 2.00 bits per heavy atom. The fourth-order valence-electron chi connectivity index (χ4n) is 2.12. The molecule has 3 nitrogen and oxygen atoms in total. The summed E-state index contributed by atoms with van der Waals surface area (Å²) in [4.78, 5) is 0. The molecule has 2 aromatic rings. The smallest absolute Gasteiger partial charge is 0.0694 e. The summed E-state index contributed by atoms with van der Waals surface area (Å²) < 4.78 is 2.01. The van der Waals surface area contributed by atoms with Gasteiger partial charge in [-0.05, 0) is 56.6 Å². The normalized spacial score (nSPS) is 11.0. The number of hydrogen-bond acceptors (Lipinski definition) is 2. The molecule has 0 amide bonds. The molecule has 0 unspecified atom stereocenters. The Balaban J connectivity index is 2.51. The lowest BCUT2D eigenvalue weighted by Crippen LogP contribution is -2.14. The van der Waals surface area contributed by atoms with Gasteiger partial charge in [0.2, 0.25) is 0 Å². The van der Waals surface area contributed by atoms with Crippen LogP contribution >= 0.6 is 11.6 Å². The molecule has 1 N–H and O–H groups in total. The third-order valence-corrected chi connectivity index (χ3v) is 3.72. The van der Waals surface area contributed by atoms with E-state index in [1.807, 2.05) is 29.8 Å². The summed E-state index contributed by atoms with van der Waals surface area (Å²) in [5.74, 6) is 0. The molecule has 19 heavy (non-hydrogen) atoms. The highest BCUT2D eigenvalue weighted by atomic mass is 35.5. The molecule has 102 valence electrons. The monoisotopic (exact) mass is 277 g/mol. The highest BCUT2D eigenvalue weighted by molar-refractivity contribution is 6.30. The summed E-state index contributed by atoms with van der Waals surface area (Å²) in [6.45, 7) is 10.1. The summed E-state index contributed by atoms with van der Waals surface area (Å²) in [7, 11) is 0. The Bertz CT molecular complexity index is 587. The minimum atomic E-state index is 0.759. The lowest BCUT2D eigenvalue weighted by Gasteiger charge is -2.12. The largest absolute Gasteiger partial charge is 0.313 e. The maximum Gasteiger partial charge on any atom is 0.0694 e. The van der Waals surface area contributed by atoms with Gasteiger partial charge in [0.05, 0.1) is 11.4 Å². The van der Waals surface area contributed by atoms with Crippen LogP contribution in [0.15, 0.2) is 18.2 Å². The van der Waals surface area contributed by atoms with Crippen molar-refractivity contribution in [2.45, 2.75) is 34.2 Å². The number of rotatable bonds is 4. The van der Waals surface area contributed by atoms with Crippen LogP contribution in [0.1, 0.15) is 29.4 Å². The van der Waals surface area contributed by atoms with E-state index in [1.165, 1.54) is 16.8 Å². The average Bonchev–Trinajstić information content (AvgIpc) is 2.64. The number of aromatic nitrogens is 2. The highest BCUT2D eigenvalue weighted by Crippen LogP contribution is 2.23. The standard InChI is InChI=1S/C15H20ClN3/c1-5-17-9-13-8-14(16)6-7-15(13)19-12(4)10(2)11(3)18-19/h6-8,17H,5,9H2,1-4H3. The lowest BCUT2D eigenvalue weighted by molar-refractivity contribution is 0.713. The second-order valence-electron chi connectivity index (χ2n) is 4.76. The van der Waals surface area contributed by atoms with Crippen LogP contribution in [0.5, 0.6) is 0 Å². The van der Waals surface area contributed by atoms with E-state index < -0.39 is 0 Å². The highest BCUT2D eigenvalue weighted by Gasteiger charge is 2.12. The predicted octanol–water partition coefficient (Wildman–Crippen LogP) is 3.56. The molecule has 4 heteroatoms. The molecule has 0 aliphatic carbocycles. The summed E-state index contributed by atoms with van der Waals surface area (Å²) >= 11 is 6.10. The first-order valence-electron chi connectivity index (χ1n) is 6.57. The molecule has 0 bridgehead atoms. The Labute approximate surface area is 119 Å². The van der Waals surface area contributed by atoms with E-state index in [0.717, 1.165) is 29.5 Å². The molecular weight excluding hydrogens is 258 g/mol. The van der Waals surface area contributed by atoms with Gasteiger partial charge in [-0.2, -0.15) is 5.10 Å². The van der Waals surface area contributed by atoms with Crippen LogP contribution in [0, 0.1) is 20.8 Å². The number of nitrogens with one attached hydrogen (secondary N) is 1. The zero-order valence-electron chi connectivity index (χ0n) is 11.9. The Hall–Kier alpha value is -1.32. The van der Waals surface area contributed by atoms with E-state index in [-0.39, 0.29) is 0 Å². The summed E-state index contributed by atoms with van der Waals surface area (Å²) in [6.07, 6.45) is 0. The molecule has 0 aliphatic heterocycles. The molecule has 1 aromatic carbocycles. The Kier molecular flexibility index (Phi) is 4.27. The minimum absolute atomic E-state index is 0.759. The fraction of sp³-hybridized carbons (Fsp3) is 0.400. The van der Waals surface area contributed by atoms with E-state index in [4.69, 9.17) is 11.6 Å². The van der Waals surface area contributed by atoms with Gasteiger partial charge in [0.25, 0.3) is 0 Å². The summed E-state index contributed by atoms with van der Waals surface area (Å²) in [5, 5.41) is 8.73. The van der Waals surface area contributed by atoms with Gasteiger partial charge in [0.15, 0.2) is 0 Å². The second kappa shape index (κ2) is 5.76. The zero-order valence-corrected chi connectivity index (χ0v) is 12.7. The topological polar surface area (TPSA) is 29.9 Å². The molecule has 0 spiro atoms. The van der Waals surface area contributed by atoms with Crippen molar-refractivity contribution in [2.75, 3.05) is 6.54 Å². The van der Waals surface area contributed by atoms with Crippen molar-refractivity contribution < 1.29 is 0 Å². The Morgan fingerprint density at radius 3 is 2.58 bits per heavy atom. The van der Waals surface area contributed by atoms with Crippen molar-refractivity contribution in [3.8, 4) is 5.69 Å². The van der Waals surface area contributed by atoms with Gasteiger partial charge < -0.3 is 5.32 Å². The third-order valence-electron chi connectivity index (χ3n) is 3.49. The van der Waals surface area contributed by atoms with Crippen LogP contribution in [0.4, 0.5) is 0 Å². The zero-order chi connectivity index (χ0) is 14.0. The van der Waals surface area contributed by atoms with Crippen molar-refractivity contribution in [1.82, 2.24) is 15.1 Å². The van der Waals surface area contributed by atoms with Gasteiger partial charge in [0, 0.05) is 17.3 Å². The predicted molar refractivity (Wildman–Crippen MR) is 80.2 cm³/mol. The number of aryl methyl sites for hydroxylation is 1. The molecule has 1 heterocycles. The molecule has 0 radical (unpaired) electrons. The van der Waals surface area contributed by atoms with Crippen LogP contribution in [-0.2, 0) is 6.54 Å². The lowest BCUT2D eigenvalue weighted by atomic mass is 10.1. The average molecular weight is 278 g/mol.